The molecule has 0 saturated heterocycles. The second-order valence-electron chi connectivity index (χ2n) is 10.1. The van der Waals surface area contributed by atoms with Gasteiger partial charge in [-0.15, -0.1) is 11.8 Å². The van der Waals surface area contributed by atoms with Crippen LogP contribution in [0.4, 0.5) is 23.4 Å². The number of hydrogen-bond donors (Lipinski definition) is 1. The molecule has 0 radical (unpaired) electrons. The van der Waals surface area contributed by atoms with Crippen molar-refractivity contribution in [1.82, 2.24) is 15.1 Å². The highest BCUT2D eigenvalue weighted by atomic mass is 32.2. The number of nitrogens with zero attached hydrogens (tertiary/aromatic N) is 3. The lowest BCUT2D eigenvalue weighted by molar-refractivity contribution is -0.123. The summed E-state index contributed by atoms with van der Waals surface area (Å²) in [6, 6.07) is 23.5. The summed E-state index contributed by atoms with van der Waals surface area (Å²) in [7, 11) is 0. The zero-order chi connectivity index (χ0) is 30.8. The van der Waals surface area contributed by atoms with Gasteiger partial charge < -0.3 is 5.32 Å². The fourth-order valence-electron chi connectivity index (χ4n) is 5.05. The van der Waals surface area contributed by atoms with Gasteiger partial charge in [-0.1, -0.05) is 48.5 Å². The largest absolute Gasteiger partial charge is 0.350 e. The van der Waals surface area contributed by atoms with Crippen LogP contribution in [0, 0.1) is 23.3 Å². The van der Waals surface area contributed by atoms with Crippen molar-refractivity contribution in [2.75, 3.05) is 17.2 Å². The number of carbonyl (C=O) groups is 2. The van der Waals surface area contributed by atoms with Gasteiger partial charge in [-0.2, -0.15) is 5.10 Å². The van der Waals surface area contributed by atoms with Gasteiger partial charge in [0.05, 0.1) is 22.4 Å². The molecular weight excluding hydrogens is 592 g/mol. The average molecular weight is 617 g/mol. The monoisotopic (exact) mass is 616 g/mol. The number of thioether (sulfide) groups is 1. The highest BCUT2D eigenvalue weighted by Gasteiger charge is 2.38. The predicted octanol–water partition coefficient (Wildman–Crippen LogP) is 6.58. The summed E-state index contributed by atoms with van der Waals surface area (Å²) < 4.78 is 58.0. The first kappa shape index (κ1) is 29.2. The molecule has 0 aliphatic carbocycles. The molecule has 0 saturated carbocycles. The fourth-order valence-corrected chi connectivity index (χ4v) is 6.27. The number of fused-ring (bicyclic) bond motifs is 1. The number of carbonyl (C=O) groups excluding carboxylic acids is 2. The third-order valence-corrected chi connectivity index (χ3v) is 8.39. The van der Waals surface area contributed by atoms with E-state index in [9.17, 15) is 22.8 Å². The van der Waals surface area contributed by atoms with Gasteiger partial charge in [0.15, 0.2) is 0 Å². The van der Waals surface area contributed by atoms with Gasteiger partial charge >= 0.3 is 0 Å². The normalized spacial score (nSPS) is 14.7. The molecule has 2 amide bonds. The number of anilines is 1. The Bertz CT molecular complexity index is 1830. The molecule has 1 aliphatic rings. The smallest absolute Gasteiger partial charge is 0.240 e. The molecule has 6 nitrogen and oxygen atoms in total. The summed E-state index contributed by atoms with van der Waals surface area (Å²) in [4.78, 5) is 28.3. The van der Waals surface area contributed by atoms with Crippen molar-refractivity contribution in [2.45, 2.75) is 11.8 Å². The Morgan fingerprint density at radius 1 is 0.864 bits per heavy atom. The van der Waals surface area contributed by atoms with Crippen LogP contribution in [0.3, 0.4) is 0 Å². The van der Waals surface area contributed by atoms with E-state index in [2.05, 4.69) is 5.32 Å². The van der Waals surface area contributed by atoms with Crippen LogP contribution in [0.15, 0.2) is 97.1 Å². The molecule has 1 atom stereocenters. The van der Waals surface area contributed by atoms with Crippen molar-refractivity contribution in [3.63, 3.8) is 0 Å². The third kappa shape index (κ3) is 5.96. The lowest BCUT2D eigenvalue weighted by atomic mass is 9.99. The third-order valence-electron chi connectivity index (χ3n) is 7.16. The minimum atomic E-state index is -0.814. The van der Waals surface area contributed by atoms with E-state index in [1.807, 2.05) is 30.3 Å². The van der Waals surface area contributed by atoms with Gasteiger partial charge in [0.1, 0.15) is 35.6 Å². The average Bonchev–Trinajstić information content (AvgIpc) is 3.35. The zero-order valence-electron chi connectivity index (χ0n) is 23.0. The number of benzene rings is 4. The van der Waals surface area contributed by atoms with Gasteiger partial charge in [0.25, 0.3) is 0 Å². The Labute approximate surface area is 254 Å². The van der Waals surface area contributed by atoms with Crippen LogP contribution in [0.2, 0.25) is 0 Å². The first-order valence-corrected chi connectivity index (χ1v) is 14.7. The molecule has 0 bridgehead atoms. The van der Waals surface area contributed by atoms with Crippen LogP contribution in [-0.4, -0.2) is 33.9 Å². The number of halogens is 4. The SMILES string of the molecule is O=C(CN1C(=O)CS[C@H](c2ccc(F)cc2F)c2c(-c3ccccc3)nn(-c3ccc(F)cc3)c21)NCc1ccc(F)cc1. The molecule has 11 heteroatoms. The van der Waals surface area contributed by atoms with Gasteiger partial charge in [-0.25, -0.2) is 22.2 Å². The number of aromatic nitrogens is 2. The predicted molar refractivity (Wildman–Crippen MR) is 160 cm³/mol. The topological polar surface area (TPSA) is 67.2 Å². The van der Waals surface area contributed by atoms with Gasteiger partial charge in [0, 0.05) is 29.3 Å². The summed E-state index contributed by atoms with van der Waals surface area (Å²) in [5.74, 6) is -3.29. The molecule has 4 aromatic carbocycles. The van der Waals surface area contributed by atoms with E-state index in [0.29, 0.717) is 28.1 Å². The van der Waals surface area contributed by atoms with E-state index in [0.717, 1.165) is 23.9 Å². The van der Waals surface area contributed by atoms with Gasteiger partial charge in [-0.05, 0) is 48.0 Å². The highest BCUT2D eigenvalue weighted by molar-refractivity contribution is 8.00. The lowest BCUT2D eigenvalue weighted by Gasteiger charge is -2.23. The number of hydrogen-bond acceptors (Lipinski definition) is 4. The van der Waals surface area contributed by atoms with E-state index in [4.69, 9.17) is 5.10 Å². The van der Waals surface area contributed by atoms with Crippen LogP contribution in [0.25, 0.3) is 16.9 Å². The van der Waals surface area contributed by atoms with Crippen molar-refractivity contribution < 1.29 is 27.2 Å². The van der Waals surface area contributed by atoms with Crippen LogP contribution >= 0.6 is 11.8 Å². The minimum Gasteiger partial charge on any atom is -0.350 e. The molecule has 1 aromatic heterocycles. The summed E-state index contributed by atoms with van der Waals surface area (Å²) >= 11 is 1.14. The lowest BCUT2D eigenvalue weighted by Crippen LogP contribution is -2.42. The fraction of sp³-hybridized carbons (Fsp3) is 0.121. The summed E-state index contributed by atoms with van der Waals surface area (Å²) in [6.07, 6.45) is 0. The number of amides is 2. The molecule has 0 spiro atoms. The van der Waals surface area contributed by atoms with Crippen molar-refractivity contribution >= 4 is 29.4 Å². The maximum atomic E-state index is 15.4. The van der Waals surface area contributed by atoms with Crippen LogP contribution in [-0.2, 0) is 16.1 Å². The van der Waals surface area contributed by atoms with E-state index >= 15 is 4.39 Å². The summed E-state index contributed by atoms with van der Waals surface area (Å²) in [6.45, 7) is -0.314. The molecule has 0 unspecified atom stereocenters. The molecule has 222 valence electrons. The second kappa shape index (κ2) is 12.4. The van der Waals surface area contributed by atoms with Crippen molar-refractivity contribution in [1.29, 1.82) is 0 Å². The molecular formula is C33H24F4N4O2S. The molecule has 6 rings (SSSR count). The van der Waals surface area contributed by atoms with Gasteiger partial charge in [-0.3, -0.25) is 14.5 Å². The summed E-state index contributed by atoms with van der Waals surface area (Å²) in [5, 5.41) is 6.79. The molecule has 44 heavy (non-hydrogen) atoms. The van der Waals surface area contributed by atoms with Crippen LogP contribution < -0.4 is 10.2 Å². The van der Waals surface area contributed by atoms with E-state index in [-0.39, 0.29) is 23.7 Å². The first-order valence-electron chi connectivity index (χ1n) is 13.6. The van der Waals surface area contributed by atoms with E-state index in [1.54, 1.807) is 12.1 Å². The molecule has 1 aliphatic heterocycles. The maximum Gasteiger partial charge on any atom is 0.240 e. The van der Waals surface area contributed by atoms with Crippen LogP contribution in [0.5, 0.6) is 0 Å². The minimum absolute atomic E-state index is 0.0959. The Hall–Kier alpha value is -4.90. The second-order valence-corrected chi connectivity index (χ2v) is 11.2. The maximum absolute atomic E-state index is 15.4. The molecule has 5 aromatic rings. The van der Waals surface area contributed by atoms with E-state index < -0.39 is 46.9 Å². The Morgan fingerprint density at radius 2 is 1.52 bits per heavy atom. The Morgan fingerprint density at radius 3 is 2.20 bits per heavy atom. The molecule has 1 N–H and O–H groups in total. The summed E-state index contributed by atoms with van der Waals surface area (Å²) in [5.41, 5.74) is 2.72. The van der Waals surface area contributed by atoms with Crippen molar-refractivity contribution in [2.24, 2.45) is 0 Å². The molecule has 2 heterocycles. The highest BCUT2D eigenvalue weighted by Crippen LogP contribution is 2.49. The van der Waals surface area contributed by atoms with Crippen LogP contribution in [0.1, 0.15) is 21.9 Å². The Balaban J connectivity index is 1.51. The van der Waals surface area contributed by atoms with Crippen molar-refractivity contribution in [3.05, 3.63) is 137 Å². The number of rotatable bonds is 7. The molecule has 0 fully saturated rings. The Kier molecular flexibility index (Phi) is 8.21. The zero-order valence-corrected chi connectivity index (χ0v) is 23.8. The quantitative estimate of drug-likeness (QED) is 0.210. The van der Waals surface area contributed by atoms with Crippen molar-refractivity contribution in [3.8, 4) is 16.9 Å². The first-order chi connectivity index (χ1) is 21.3. The van der Waals surface area contributed by atoms with Gasteiger partial charge in [0.2, 0.25) is 11.8 Å². The van der Waals surface area contributed by atoms with E-state index in [1.165, 1.54) is 52.0 Å². The standard InChI is InChI=1S/C33H24F4N4O2S/c34-22-8-6-20(7-9-22)17-38-28(42)18-40-29(43)19-44-32(26-15-12-24(36)16-27(26)37)30-31(21-4-2-1-3-5-21)39-41(33(30)40)25-13-10-23(35)11-14-25/h1-16,32H,17-19H2,(H,38,42)/t32-/m1/s1. The number of nitrogens with one attached hydrogen (secondary N) is 1.